The van der Waals surface area contributed by atoms with Crippen molar-refractivity contribution >= 4 is 11.7 Å². The molecular weight excluding hydrogens is 323 g/mol. The van der Waals surface area contributed by atoms with Crippen LogP contribution >= 0.6 is 0 Å². The molecule has 1 atom stereocenters. The fourth-order valence-corrected chi connectivity index (χ4v) is 2.60. The molecule has 0 fully saturated rings. The van der Waals surface area contributed by atoms with Gasteiger partial charge in [-0.2, -0.15) is 18.2 Å². The summed E-state index contributed by atoms with van der Waals surface area (Å²) in [6.45, 7) is 3.33. The number of aliphatic imine (C=N–C) groups is 1. The standard InChI is InChI=1S/C16H16F3N3O2/c1-10(2)15(24-3)14(21-9-23)12(11-4-6-20-7-5-11)8-13(22-15)16(17,18)19/h4-8,10,22H,1-3H3. The average Bonchev–Trinajstić information content (AvgIpc) is 2.54. The molecule has 24 heavy (non-hydrogen) atoms. The molecule has 2 rings (SSSR count). The van der Waals surface area contributed by atoms with Gasteiger partial charge in [0.15, 0.2) is 5.72 Å². The lowest BCUT2D eigenvalue weighted by Crippen LogP contribution is -2.55. The molecule has 0 saturated carbocycles. The predicted octanol–water partition coefficient (Wildman–Crippen LogP) is 3.18. The van der Waals surface area contributed by atoms with Crippen LogP contribution in [-0.2, 0) is 9.53 Å². The van der Waals surface area contributed by atoms with E-state index in [1.165, 1.54) is 37.7 Å². The molecule has 5 nitrogen and oxygen atoms in total. The van der Waals surface area contributed by atoms with Gasteiger partial charge in [0.1, 0.15) is 11.4 Å². The molecule has 1 N–H and O–H groups in total. The molecule has 0 aliphatic carbocycles. The lowest BCUT2D eigenvalue weighted by Gasteiger charge is -2.42. The smallest absolute Gasteiger partial charge is 0.353 e. The number of alkyl halides is 3. The van der Waals surface area contributed by atoms with Crippen LogP contribution < -0.4 is 5.32 Å². The summed E-state index contributed by atoms with van der Waals surface area (Å²) in [5.41, 5.74) is -1.99. The van der Waals surface area contributed by atoms with Crippen molar-refractivity contribution in [3.8, 4) is 0 Å². The monoisotopic (exact) mass is 339 g/mol. The molecule has 0 aromatic carbocycles. The van der Waals surface area contributed by atoms with Crippen molar-refractivity contribution in [1.82, 2.24) is 10.3 Å². The van der Waals surface area contributed by atoms with E-state index in [0.29, 0.717) is 5.56 Å². The van der Waals surface area contributed by atoms with Crippen molar-refractivity contribution < 1.29 is 22.7 Å². The molecule has 0 spiro atoms. The van der Waals surface area contributed by atoms with E-state index in [2.05, 4.69) is 15.3 Å². The Labute approximate surface area is 136 Å². The highest BCUT2D eigenvalue weighted by atomic mass is 19.4. The number of hydrogen-bond acceptors (Lipinski definition) is 5. The molecule has 0 saturated heterocycles. The maximum absolute atomic E-state index is 13.4. The number of methoxy groups -OCH3 is 1. The zero-order valence-electron chi connectivity index (χ0n) is 13.3. The van der Waals surface area contributed by atoms with Crippen LogP contribution in [0.3, 0.4) is 0 Å². The summed E-state index contributed by atoms with van der Waals surface area (Å²) >= 11 is 0. The van der Waals surface area contributed by atoms with Gasteiger partial charge in [0.2, 0.25) is 6.08 Å². The predicted molar refractivity (Wildman–Crippen MR) is 81.1 cm³/mol. The van der Waals surface area contributed by atoms with Crippen molar-refractivity contribution in [3.63, 3.8) is 0 Å². The Balaban J connectivity index is 2.84. The molecule has 0 radical (unpaired) electrons. The summed E-state index contributed by atoms with van der Waals surface area (Å²) in [6, 6.07) is 3.07. The van der Waals surface area contributed by atoms with Crippen molar-refractivity contribution in [2.24, 2.45) is 10.9 Å². The second kappa shape index (κ2) is 6.59. The number of pyridine rings is 1. The molecule has 0 amide bonds. The minimum atomic E-state index is -4.62. The summed E-state index contributed by atoms with van der Waals surface area (Å²) in [5, 5.41) is 2.36. The second-order valence-corrected chi connectivity index (χ2v) is 5.48. The van der Waals surface area contributed by atoms with Gasteiger partial charge in [-0.15, -0.1) is 0 Å². The zero-order chi connectivity index (χ0) is 18.0. The second-order valence-electron chi connectivity index (χ2n) is 5.48. The number of nitrogens with zero attached hydrogens (tertiary/aromatic N) is 2. The van der Waals surface area contributed by atoms with E-state index < -0.39 is 23.5 Å². The van der Waals surface area contributed by atoms with Crippen molar-refractivity contribution in [1.29, 1.82) is 0 Å². The molecule has 1 aromatic heterocycles. The van der Waals surface area contributed by atoms with Crippen molar-refractivity contribution in [2.45, 2.75) is 25.7 Å². The first kappa shape index (κ1) is 17.9. The Morgan fingerprint density at radius 1 is 1.33 bits per heavy atom. The highest BCUT2D eigenvalue weighted by molar-refractivity contribution is 5.80. The molecule has 1 aliphatic heterocycles. The third-order valence-electron chi connectivity index (χ3n) is 3.81. The molecule has 8 heteroatoms. The van der Waals surface area contributed by atoms with Crippen LogP contribution in [0.5, 0.6) is 0 Å². The number of isocyanates is 1. The van der Waals surface area contributed by atoms with Crippen LogP contribution in [0.25, 0.3) is 5.57 Å². The Kier molecular flexibility index (Phi) is 4.91. The van der Waals surface area contributed by atoms with Gasteiger partial charge < -0.3 is 10.1 Å². The Morgan fingerprint density at radius 3 is 2.42 bits per heavy atom. The van der Waals surface area contributed by atoms with E-state index in [0.717, 1.165) is 6.08 Å². The van der Waals surface area contributed by atoms with E-state index in [1.807, 2.05) is 0 Å². The van der Waals surface area contributed by atoms with E-state index in [9.17, 15) is 18.0 Å². The number of rotatable bonds is 4. The Hall–Kier alpha value is -2.44. The Morgan fingerprint density at radius 2 is 1.96 bits per heavy atom. The topological polar surface area (TPSA) is 63.6 Å². The largest absolute Gasteiger partial charge is 0.431 e. The van der Waals surface area contributed by atoms with E-state index >= 15 is 0 Å². The van der Waals surface area contributed by atoms with Crippen LogP contribution in [-0.4, -0.2) is 30.1 Å². The number of nitrogens with one attached hydrogen (secondary N) is 1. The minimum absolute atomic E-state index is 0.0363. The minimum Gasteiger partial charge on any atom is -0.353 e. The van der Waals surface area contributed by atoms with Gasteiger partial charge in [0.05, 0.1) is 0 Å². The van der Waals surface area contributed by atoms with Gasteiger partial charge in [-0.3, -0.25) is 4.98 Å². The highest BCUT2D eigenvalue weighted by Crippen LogP contribution is 2.42. The third kappa shape index (κ3) is 3.11. The number of halogens is 3. The van der Waals surface area contributed by atoms with Crippen LogP contribution in [0.2, 0.25) is 0 Å². The number of allylic oxidation sites excluding steroid dienone is 3. The molecule has 2 heterocycles. The number of dihydropyridines is 1. The molecule has 1 aliphatic rings. The van der Waals surface area contributed by atoms with E-state index in [4.69, 9.17) is 4.74 Å². The molecular formula is C16H16F3N3O2. The lowest BCUT2D eigenvalue weighted by molar-refractivity contribution is -0.117. The van der Waals surface area contributed by atoms with Crippen molar-refractivity contribution in [2.75, 3.05) is 7.11 Å². The fourth-order valence-electron chi connectivity index (χ4n) is 2.60. The lowest BCUT2D eigenvalue weighted by atomic mass is 9.87. The molecule has 128 valence electrons. The van der Waals surface area contributed by atoms with Gasteiger partial charge in [-0.1, -0.05) is 13.8 Å². The fraction of sp³-hybridized carbons (Fsp3) is 0.375. The van der Waals surface area contributed by atoms with Gasteiger partial charge in [-0.05, 0) is 23.8 Å². The number of carbonyl (C=O) groups excluding carboxylic acids is 1. The Bertz CT molecular complexity index is 720. The van der Waals surface area contributed by atoms with Crippen LogP contribution in [0, 0.1) is 5.92 Å². The van der Waals surface area contributed by atoms with E-state index in [1.54, 1.807) is 13.8 Å². The van der Waals surface area contributed by atoms with Gasteiger partial charge in [-0.25, -0.2) is 4.79 Å². The third-order valence-corrected chi connectivity index (χ3v) is 3.81. The summed E-state index contributed by atoms with van der Waals surface area (Å²) < 4.78 is 45.5. The van der Waals surface area contributed by atoms with Crippen LogP contribution in [0.15, 0.2) is 47.0 Å². The first-order valence-electron chi connectivity index (χ1n) is 7.11. The molecule has 1 unspecified atom stereocenters. The SMILES string of the molecule is COC1(C(C)C)NC(C(F)(F)F)=CC(c2ccncc2)=C1N=C=O. The molecule has 1 aromatic rings. The molecule has 0 bridgehead atoms. The highest BCUT2D eigenvalue weighted by Gasteiger charge is 2.48. The maximum atomic E-state index is 13.4. The quantitative estimate of drug-likeness (QED) is 0.676. The summed E-state index contributed by atoms with van der Waals surface area (Å²) in [5.74, 6) is -0.461. The summed E-state index contributed by atoms with van der Waals surface area (Å²) in [7, 11) is 1.26. The van der Waals surface area contributed by atoms with Crippen LogP contribution in [0.1, 0.15) is 19.4 Å². The van der Waals surface area contributed by atoms with Crippen molar-refractivity contribution in [3.05, 3.63) is 47.6 Å². The first-order chi connectivity index (χ1) is 11.3. The van der Waals surface area contributed by atoms with E-state index in [-0.39, 0.29) is 11.3 Å². The summed E-state index contributed by atoms with van der Waals surface area (Å²) in [4.78, 5) is 18.4. The van der Waals surface area contributed by atoms with Gasteiger partial charge in [0, 0.05) is 31.0 Å². The maximum Gasteiger partial charge on any atom is 0.431 e. The van der Waals surface area contributed by atoms with Crippen LogP contribution in [0.4, 0.5) is 13.2 Å². The first-order valence-corrected chi connectivity index (χ1v) is 7.11. The number of hydrogen-bond donors (Lipinski definition) is 1. The van der Waals surface area contributed by atoms with Gasteiger partial charge >= 0.3 is 6.18 Å². The average molecular weight is 339 g/mol. The number of aromatic nitrogens is 1. The zero-order valence-corrected chi connectivity index (χ0v) is 13.3. The van der Waals surface area contributed by atoms with Gasteiger partial charge in [0.25, 0.3) is 0 Å². The normalized spacial score (nSPS) is 21.2. The number of ether oxygens (including phenoxy) is 1. The summed E-state index contributed by atoms with van der Waals surface area (Å²) in [6.07, 6.45) is 0.580.